The Labute approximate surface area is 138 Å². The summed E-state index contributed by atoms with van der Waals surface area (Å²) in [5.74, 6) is 0.191. The fourth-order valence-corrected chi connectivity index (χ4v) is 5.22. The van der Waals surface area contributed by atoms with Crippen molar-refractivity contribution in [3.8, 4) is 0 Å². The lowest BCUT2D eigenvalue weighted by Gasteiger charge is -2.26. The van der Waals surface area contributed by atoms with E-state index in [0.29, 0.717) is 23.7 Å². The number of alkyl halides is 1. The van der Waals surface area contributed by atoms with E-state index in [1.54, 1.807) is 23.5 Å². The molecule has 0 fully saturated rings. The topological polar surface area (TPSA) is 37.4 Å². The molecule has 1 aromatic heterocycles. The Kier molecular flexibility index (Phi) is 4.30. The van der Waals surface area contributed by atoms with Crippen LogP contribution in [0.1, 0.15) is 16.0 Å². The van der Waals surface area contributed by atoms with Crippen molar-refractivity contribution < 1.29 is 8.42 Å². The summed E-state index contributed by atoms with van der Waals surface area (Å²) in [4.78, 5) is 1.53. The number of nitrogens with zero attached hydrogens (tertiary/aromatic N) is 1. The van der Waals surface area contributed by atoms with E-state index in [9.17, 15) is 8.42 Å². The number of benzene rings is 1. The first-order valence-electron chi connectivity index (χ1n) is 6.42. The van der Waals surface area contributed by atoms with Crippen LogP contribution in [0.3, 0.4) is 0 Å². The Morgan fingerprint density at radius 3 is 2.86 bits per heavy atom. The average Bonchev–Trinajstić information content (AvgIpc) is 2.94. The third-order valence-corrected chi connectivity index (χ3v) is 7.09. The van der Waals surface area contributed by atoms with Gasteiger partial charge in [0, 0.05) is 28.9 Å². The second-order valence-corrected chi connectivity index (χ2v) is 8.46. The Hall–Kier alpha value is -0.590. The summed E-state index contributed by atoms with van der Waals surface area (Å²) in [5.41, 5.74) is 1.73. The monoisotopic (exact) mass is 361 g/mol. The number of sulfonamides is 1. The van der Waals surface area contributed by atoms with Crippen LogP contribution in [0.5, 0.6) is 0 Å². The van der Waals surface area contributed by atoms with Crippen molar-refractivity contribution in [3.63, 3.8) is 0 Å². The van der Waals surface area contributed by atoms with Crippen LogP contribution in [0.4, 0.5) is 0 Å². The summed E-state index contributed by atoms with van der Waals surface area (Å²) in [5, 5.41) is 2.50. The van der Waals surface area contributed by atoms with Crippen LogP contribution in [-0.2, 0) is 28.9 Å². The summed E-state index contributed by atoms with van der Waals surface area (Å²) in [6, 6.07) is 6.69. The molecule has 2 aromatic rings. The largest absolute Gasteiger partial charge is 0.243 e. The summed E-state index contributed by atoms with van der Waals surface area (Å²) < 4.78 is 27.0. The lowest BCUT2D eigenvalue weighted by Crippen LogP contribution is -2.35. The Morgan fingerprint density at radius 2 is 2.10 bits per heavy atom. The van der Waals surface area contributed by atoms with Gasteiger partial charge in [-0.05, 0) is 47.2 Å². The molecule has 3 rings (SSSR count). The molecule has 1 aromatic carbocycles. The Bertz CT molecular complexity index is 771. The van der Waals surface area contributed by atoms with Gasteiger partial charge in [0.1, 0.15) is 0 Å². The van der Waals surface area contributed by atoms with Crippen molar-refractivity contribution in [1.82, 2.24) is 4.31 Å². The van der Waals surface area contributed by atoms with E-state index in [1.807, 2.05) is 11.4 Å². The van der Waals surface area contributed by atoms with Crippen molar-refractivity contribution in [1.29, 1.82) is 0 Å². The Balaban J connectivity index is 1.94. The minimum atomic E-state index is -3.51. The van der Waals surface area contributed by atoms with Crippen LogP contribution < -0.4 is 0 Å². The third-order valence-electron chi connectivity index (χ3n) is 3.57. The molecule has 3 nitrogen and oxygen atoms in total. The summed E-state index contributed by atoms with van der Waals surface area (Å²) in [7, 11) is -3.51. The summed E-state index contributed by atoms with van der Waals surface area (Å²) in [6.45, 7) is 0.939. The van der Waals surface area contributed by atoms with Gasteiger partial charge < -0.3 is 0 Å². The fourth-order valence-electron chi connectivity index (χ4n) is 2.39. The molecule has 0 N–H and O–H groups in total. The Morgan fingerprint density at radius 1 is 1.29 bits per heavy atom. The first-order valence-corrected chi connectivity index (χ1v) is 9.65. The molecular formula is C14H13Cl2NO2S2. The molecule has 0 spiro atoms. The molecule has 0 amide bonds. The van der Waals surface area contributed by atoms with Crippen LogP contribution in [0, 0.1) is 0 Å². The molecular weight excluding hydrogens is 349 g/mol. The summed E-state index contributed by atoms with van der Waals surface area (Å²) >= 11 is 13.5. The van der Waals surface area contributed by atoms with Gasteiger partial charge in [-0.15, -0.1) is 22.9 Å². The zero-order valence-corrected chi connectivity index (χ0v) is 14.2. The molecule has 0 atom stereocenters. The lowest BCUT2D eigenvalue weighted by atomic mass is 10.1. The molecule has 1 aliphatic rings. The number of hydrogen-bond acceptors (Lipinski definition) is 3. The van der Waals surface area contributed by atoms with Gasteiger partial charge in [0.2, 0.25) is 10.0 Å². The predicted molar refractivity (Wildman–Crippen MR) is 86.6 cm³/mol. The van der Waals surface area contributed by atoms with Crippen LogP contribution in [-0.4, -0.2) is 19.3 Å². The van der Waals surface area contributed by atoms with E-state index < -0.39 is 10.0 Å². The second-order valence-electron chi connectivity index (χ2n) is 4.84. The van der Waals surface area contributed by atoms with Crippen LogP contribution in [0.15, 0.2) is 34.5 Å². The van der Waals surface area contributed by atoms with Gasteiger partial charge in [0.05, 0.1) is 4.90 Å². The maximum absolute atomic E-state index is 12.7. The van der Waals surface area contributed by atoms with E-state index in [4.69, 9.17) is 23.2 Å². The normalized spacial score (nSPS) is 15.9. The second kappa shape index (κ2) is 5.89. The SMILES string of the molecule is O=S(=O)(c1ccc(Cl)c(CCl)c1)N1CCc2sccc2C1. The smallest absolute Gasteiger partial charge is 0.207 e. The highest BCUT2D eigenvalue weighted by Crippen LogP contribution is 2.29. The van der Waals surface area contributed by atoms with Crippen LogP contribution in [0.2, 0.25) is 5.02 Å². The first-order chi connectivity index (χ1) is 10.0. The summed E-state index contributed by atoms with van der Waals surface area (Å²) in [6.07, 6.45) is 0.766. The zero-order valence-electron chi connectivity index (χ0n) is 11.1. The third kappa shape index (κ3) is 2.85. The molecule has 0 saturated heterocycles. The van der Waals surface area contributed by atoms with E-state index in [2.05, 4.69) is 0 Å². The molecule has 1 aliphatic heterocycles. The van der Waals surface area contributed by atoms with E-state index >= 15 is 0 Å². The van der Waals surface area contributed by atoms with Crippen LogP contribution in [0.25, 0.3) is 0 Å². The van der Waals surface area contributed by atoms with E-state index in [0.717, 1.165) is 12.0 Å². The van der Waals surface area contributed by atoms with Crippen molar-refractivity contribution in [2.45, 2.75) is 23.7 Å². The average molecular weight is 362 g/mol. The number of halogens is 2. The van der Waals surface area contributed by atoms with E-state index in [1.165, 1.54) is 15.2 Å². The quantitative estimate of drug-likeness (QED) is 0.777. The molecule has 112 valence electrons. The number of thiophene rings is 1. The van der Waals surface area contributed by atoms with Gasteiger partial charge in [-0.3, -0.25) is 0 Å². The minimum absolute atomic E-state index is 0.191. The number of hydrogen-bond donors (Lipinski definition) is 0. The van der Waals surface area contributed by atoms with Crippen molar-refractivity contribution in [2.75, 3.05) is 6.54 Å². The lowest BCUT2D eigenvalue weighted by molar-refractivity contribution is 0.394. The molecule has 2 heterocycles. The standard InChI is InChI=1S/C14H13Cl2NO2S2/c15-8-11-7-12(1-2-13(11)16)21(18,19)17-5-3-14-10(9-17)4-6-20-14/h1-2,4,6-7H,3,5,8-9H2. The van der Waals surface area contributed by atoms with Gasteiger partial charge in [-0.1, -0.05) is 11.6 Å². The first kappa shape index (κ1) is 15.3. The van der Waals surface area contributed by atoms with Gasteiger partial charge in [0.15, 0.2) is 0 Å². The number of rotatable bonds is 3. The van der Waals surface area contributed by atoms with Crippen LogP contribution >= 0.6 is 34.5 Å². The maximum atomic E-state index is 12.7. The molecule has 0 unspecified atom stereocenters. The minimum Gasteiger partial charge on any atom is -0.207 e. The molecule has 7 heteroatoms. The highest BCUT2D eigenvalue weighted by atomic mass is 35.5. The van der Waals surface area contributed by atoms with Gasteiger partial charge in [-0.2, -0.15) is 4.31 Å². The van der Waals surface area contributed by atoms with E-state index in [-0.39, 0.29) is 10.8 Å². The molecule has 0 aliphatic carbocycles. The molecule has 0 bridgehead atoms. The highest BCUT2D eigenvalue weighted by Gasteiger charge is 2.29. The van der Waals surface area contributed by atoms with Gasteiger partial charge >= 0.3 is 0 Å². The molecule has 0 saturated carbocycles. The van der Waals surface area contributed by atoms with Crippen molar-refractivity contribution in [3.05, 3.63) is 50.7 Å². The zero-order chi connectivity index (χ0) is 15.0. The fraction of sp³-hybridized carbons (Fsp3) is 0.286. The number of fused-ring (bicyclic) bond motifs is 1. The van der Waals surface area contributed by atoms with Gasteiger partial charge in [-0.25, -0.2) is 8.42 Å². The van der Waals surface area contributed by atoms with Crippen molar-refractivity contribution >= 4 is 44.6 Å². The predicted octanol–water partition coefficient (Wildman–Crippen LogP) is 3.89. The van der Waals surface area contributed by atoms with Crippen molar-refractivity contribution in [2.24, 2.45) is 0 Å². The maximum Gasteiger partial charge on any atom is 0.243 e. The molecule has 0 radical (unpaired) electrons. The highest BCUT2D eigenvalue weighted by molar-refractivity contribution is 7.89. The van der Waals surface area contributed by atoms with Gasteiger partial charge in [0.25, 0.3) is 0 Å². The molecule has 21 heavy (non-hydrogen) atoms.